The number of amides is 2. The highest BCUT2D eigenvalue weighted by atomic mass is 19.4. The first-order valence-corrected chi connectivity index (χ1v) is 10.8. The van der Waals surface area contributed by atoms with E-state index in [1.807, 2.05) is 0 Å². The zero-order valence-corrected chi connectivity index (χ0v) is 18.8. The molecule has 1 aliphatic rings. The molecule has 1 fully saturated rings. The van der Waals surface area contributed by atoms with Gasteiger partial charge in [0.05, 0.1) is 16.8 Å². The summed E-state index contributed by atoms with van der Waals surface area (Å²) in [4.78, 5) is 18.8. The number of anilines is 1. The van der Waals surface area contributed by atoms with Crippen molar-refractivity contribution in [2.45, 2.75) is 44.4 Å². The normalized spacial score (nSPS) is 15.5. The number of alkyl halides is 9. The van der Waals surface area contributed by atoms with E-state index in [9.17, 15) is 44.3 Å². The van der Waals surface area contributed by atoms with Crippen LogP contribution in [0.1, 0.15) is 41.3 Å². The number of oxime groups is 1. The lowest BCUT2D eigenvalue weighted by Crippen LogP contribution is -2.41. The van der Waals surface area contributed by atoms with Crippen molar-refractivity contribution in [2.24, 2.45) is 5.16 Å². The molecule has 1 heterocycles. The van der Waals surface area contributed by atoms with Gasteiger partial charge in [-0.25, -0.2) is 18.0 Å². The zero-order valence-electron chi connectivity index (χ0n) is 18.8. The summed E-state index contributed by atoms with van der Waals surface area (Å²) in [6.45, 7) is -0.0674. The Bertz CT molecular complexity index is 1120. The highest BCUT2D eigenvalue weighted by Gasteiger charge is 2.34. The van der Waals surface area contributed by atoms with Gasteiger partial charge in [-0.15, -0.1) is 0 Å². The number of benzene rings is 2. The zero-order chi connectivity index (χ0) is 27.4. The van der Waals surface area contributed by atoms with Crippen molar-refractivity contribution in [1.29, 1.82) is 0 Å². The van der Waals surface area contributed by atoms with Crippen molar-refractivity contribution in [3.8, 4) is 0 Å². The van der Waals surface area contributed by atoms with E-state index in [-0.39, 0.29) is 44.2 Å². The molecule has 202 valence electrons. The molecule has 2 amide bonds. The van der Waals surface area contributed by atoms with E-state index >= 15 is 0 Å². The van der Waals surface area contributed by atoms with Gasteiger partial charge in [-0.1, -0.05) is 17.3 Å². The number of piperidine rings is 1. The van der Waals surface area contributed by atoms with Gasteiger partial charge in [0.1, 0.15) is 6.61 Å². The van der Waals surface area contributed by atoms with E-state index in [4.69, 9.17) is 4.84 Å². The lowest BCUT2D eigenvalue weighted by molar-refractivity contribution is -0.138. The highest BCUT2D eigenvalue weighted by Crippen LogP contribution is 2.36. The van der Waals surface area contributed by atoms with Gasteiger partial charge in [-0.3, -0.25) is 0 Å². The molecule has 1 aliphatic heterocycles. The second-order valence-corrected chi connectivity index (χ2v) is 8.12. The molecule has 0 radical (unpaired) electrons. The maximum Gasteiger partial charge on any atom is 0.416 e. The second-order valence-electron chi connectivity index (χ2n) is 8.12. The van der Waals surface area contributed by atoms with Crippen LogP contribution in [0.25, 0.3) is 0 Å². The summed E-state index contributed by atoms with van der Waals surface area (Å²) in [7, 11) is 0. The number of nitrogens with one attached hydrogen (secondary N) is 1. The van der Waals surface area contributed by atoms with Gasteiger partial charge in [-0.05, 0) is 41.5 Å². The molecule has 14 heteroatoms. The Kier molecular flexibility index (Phi) is 8.59. The van der Waals surface area contributed by atoms with Crippen LogP contribution in [0.15, 0.2) is 47.6 Å². The smallest absolute Gasteiger partial charge is 0.391 e. The van der Waals surface area contributed by atoms with Crippen LogP contribution in [-0.4, -0.2) is 36.2 Å². The van der Waals surface area contributed by atoms with Crippen molar-refractivity contribution in [1.82, 2.24) is 4.90 Å². The predicted molar refractivity (Wildman–Crippen MR) is 115 cm³/mol. The summed E-state index contributed by atoms with van der Waals surface area (Å²) < 4.78 is 117. The molecule has 37 heavy (non-hydrogen) atoms. The molecule has 1 N–H and O–H groups in total. The number of halogens is 9. The number of urea groups is 1. The summed E-state index contributed by atoms with van der Waals surface area (Å²) in [5, 5.41) is 6.04. The van der Waals surface area contributed by atoms with Gasteiger partial charge < -0.3 is 15.1 Å². The molecule has 2 aromatic rings. The number of carbonyl (C=O) groups excluding carboxylic acids is 1. The van der Waals surface area contributed by atoms with E-state index < -0.39 is 53.4 Å². The largest absolute Gasteiger partial charge is 0.416 e. The Balaban J connectivity index is 1.58. The van der Waals surface area contributed by atoms with E-state index in [2.05, 4.69) is 10.5 Å². The van der Waals surface area contributed by atoms with Crippen LogP contribution < -0.4 is 5.32 Å². The molecule has 5 nitrogen and oxygen atoms in total. The monoisotopic (exact) mass is 541 g/mol. The van der Waals surface area contributed by atoms with Crippen molar-refractivity contribution in [3.63, 3.8) is 0 Å². The molecular formula is C23H20F9N3O2. The quantitative estimate of drug-likeness (QED) is 0.311. The van der Waals surface area contributed by atoms with Gasteiger partial charge in [-0.2, -0.15) is 26.3 Å². The van der Waals surface area contributed by atoms with Crippen molar-refractivity contribution in [2.75, 3.05) is 18.4 Å². The summed E-state index contributed by atoms with van der Waals surface area (Å²) >= 11 is 0. The van der Waals surface area contributed by atoms with Gasteiger partial charge in [0, 0.05) is 31.6 Å². The van der Waals surface area contributed by atoms with Crippen LogP contribution in [0.2, 0.25) is 0 Å². The third-order valence-corrected chi connectivity index (χ3v) is 5.38. The number of carbonyl (C=O) groups is 1. The fourth-order valence-electron chi connectivity index (χ4n) is 3.49. The van der Waals surface area contributed by atoms with Crippen LogP contribution in [0.3, 0.4) is 0 Å². The lowest BCUT2D eigenvalue weighted by atomic mass is 10.0. The molecule has 0 aliphatic carbocycles. The maximum atomic E-state index is 13.7. The molecule has 0 spiro atoms. The van der Waals surface area contributed by atoms with Crippen LogP contribution in [0, 0.1) is 0 Å². The third-order valence-electron chi connectivity index (χ3n) is 5.38. The highest BCUT2D eigenvalue weighted by molar-refractivity contribution is 5.92. The second kappa shape index (κ2) is 11.3. The standard InChI is InChI=1S/C23H20F9N3O2/c24-19(20(25)26)14-9-16(23(30,31)32)11-18(10-14)33-21(36)35-6-4-17(5-7-35)34-37-12-13-2-1-3-15(8-13)22(27,28)29/h1-3,8-11,19-20H,4-7,12H2,(H,33,36). The van der Waals surface area contributed by atoms with Gasteiger partial charge >= 0.3 is 18.4 Å². The van der Waals surface area contributed by atoms with Crippen LogP contribution in [0.5, 0.6) is 0 Å². The SMILES string of the molecule is O=C(Nc1cc(C(F)C(F)F)cc(C(F)(F)F)c1)N1CCC(=NOCc2cccc(C(F)(F)F)c2)CC1. The Morgan fingerprint density at radius 2 is 1.59 bits per heavy atom. The molecule has 1 unspecified atom stereocenters. The molecule has 3 rings (SSSR count). The summed E-state index contributed by atoms with van der Waals surface area (Å²) in [6.07, 6.45) is -15.6. The topological polar surface area (TPSA) is 53.9 Å². The minimum Gasteiger partial charge on any atom is -0.391 e. The Morgan fingerprint density at radius 1 is 0.946 bits per heavy atom. The van der Waals surface area contributed by atoms with E-state index in [0.717, 1.165) is 12.1 Å². The minimum absolute atomic E-state index is 0.0756. The fourth-order valence-corrected chi connectivity index (χ4v) is 3.49. The number of rotatable bonds is 6. The first-order chi connectivity index (χ1) is 17.2. The maximum absolute atomic E-state index is 13.7. The van der Waals surface area contributed by atoms with E-state index in [1.54, 1.807) is 0 Å². The van der Waals surface area contributed by atoms with E-state index in [0.29, 0.717) is 17.8 Å². The first kappa shape index (κ1) is 28.1. The molecule has 1 saturated heterocycles. The number of nitrogens with zero attached hydrogens (tertiary/aromatic N) is 2. The van der Waals surface area contributed by atoms with Crippen molar-refractivity contribution in [3.05, 3.63) is 64.7 Å². The Labute approximate surface area is 204 Å². The molecule has 2 aromatic carbocycles. The fraction of sp³-hybridized carbons (Fsp3) is 0.391. The lowest BCUT2D eigenvalue weighted by Gasteiger charge is -2.28. The summed E-state index contributed by atoms with van der Waals surface area (Å²) in [6, 6.07) is 5.18. The van der Waals surface area contributed by atoms with Gasteiger partial charge in [0.25, 0.3) is 6.43 Å². The number of hydrogen-bond acceptors (Lipinski definition) is 3. The van der Waals surface area contributed by atoms with Crippen molar-refractivity contribution < 1.29 is 49.1 Å². The average molecular weight is 541 g/mol. The summed E-state index contributed by atoms with van der Waals surface area (Å²) in [5.74, 6) is 0. The molecule has 0 saturated carbocycles. The molecule has 0 bridgehead atoms. The van der Waals surface area contributed by atoms with Crippen LogP contribution >= 0.6 is 0 Å². The molecule has 0 aromatic heterocycles. The molecule has 1 atom stereocenters. The summed E-state index contributed by atoms with van der Waals surface area (Å²) in [5.41, 5.74) is -2.89. The molecular weight excluding hydrogens is 521 g/mol. The third kappa shape index (κ3) is 7.76. The number of hydrogen-bond donors (Lipinski definition) is 1. The Morgan fingerprint density at radius 3 is 2.19 bits per heavy atom. The van der Waals surface area contributed by atoms with Gasteiger partial charge in [0.15, 0.2) is 6.17 Å². The number of likely N-dealkylation sites (tertiary alicyclic amines) is 1. The Hall–Kier alpha value is -3.45. The van der Waals surface area contributed by atoms with Crippen LogP contribution in [-0.2, 0) is 23.8 Å². The minimum atomic E-state index is -4.96. The van der Waals surface area contributed by atoms with Gasteiger partial charge in [0.2, 0.25) is 0 Å². The van der Waals surface area contributed by atoms with E-state index in [1.165, 1.54) is 17.0 Å². The van der Waals surface area contributed by atoms with Crippen molar-refractivity contribution >= 4 is 17.4 Å². The van der Waals surface area contributed by atoms with Crippen LogP contribution in [0.4, 0.5) is 50.0 Å². The first-order valence-electron chi connectivity index (χ1n) is 10.8. The average Bonchev–Trinajstić information content (AvgIpc) is 2.83. The predicted octanol–water partition coefficient (Wildman–Crippen LogP) is 7.20.